The van der Waals surface area contributed by atoms with Gasteiger partial charge >= 0.3 is 0 Å². The Balaban J connectivity index is 1.67. The van der Waals surface area contributed by atoms with E-state index in [0.29, 0.717) is 16.6 Å². The molecule has 2 aliphatic rings. The van der Waals surface area contributed by atoms with Crippen LogP contribution in [0.2, 0.25) is 5.02 Å². The number of halogens is 1. The lowest BCUT2D eigenvalue weighted by atomic mass is 10.1. The molecule has 1 aliphatic carbocycles. The second kappa shape index (κ2) is 6.57. The number of amides is 1. The number of aryl methyl sites for hydroxylation is 1. The van der Waals surface area contributed by atoms with Crippen molar-refractivity contribution in [2.45, 2.75) is 50.8 Å². The van der Waals surface area contributed by atoms with Crippen molar-refractivity contribution >= 4 is 17.5 Å². The second-order valence-corrected chi connectivity index (χ2v) is 6.91. The summed E-state index contributed by atoms with van der Waals surface area (Å²) in [6.07, 6.45) is 3.86. The van der Waals surface area contributed by atoms with Gasteiger partial charge in [-0.15, -0.1) is 0 Å². The summed E-state index contributed by atoms with van der Waals surface area (Å²) in [7, 11) is 0. The first kappa shape index (κ1) is 15.8. The second-order valence-electron chi connectivity index (χ2n) is 6.47. The van der Waals surface area contributed by atoms with Crippen LogP contribution < -0.4 is 5.32 Å². The topological polar surface area (TPSA) is 52.6 Å². The Bertz CT molecular complexity index is 564. The largest absolute Gasteiger partial charge is 0.392 e. The summed E-state index contributed by atoms with van der Waals surface area (Å²) < 4.78 is 0. The Kier molecular flexibility index (Phi) is 4.71. The minimum Gasteiger partial charge on any atom is -0.392 e. The molecule has 0 aromatic heterocycles. The Labute approximate surface area is 136 Å². The minimum atomic E-state index is -0.213. The molecule has 22 heavy (non-hydrogen) atoms. The summed E-state index contributed by atoms with van der Waals surface area (Å²) in [6, 6.07) is 5.89. The molecule has 1 saturated carbocycles. The zero-order valence-corrected chi connectivity index (χ0v) is 13.6. The number of rotatable bonds is 3. The predicted octanol–water partition coefficient (Wildman–Crippen LogP) is 2.37. The van der Waals surface area contributed by atoms with Gasteiger partial charge in [-0.2, -0.15) is 0 Å². The molecule has 0 bridgehead atoms. The molecular weight excluding hydrogens is 300 g/mol. The van der Waals surface area contributed by atoms with E-state index < -0.39 is 0 Å². The standard InChI is InChI=1S/C17H23ClN2O2/c1-11-9-12(18)5-6-14(11)17(22)19-15-3-2-4-16(15)20-8-7-13(21)10-20/h5-6,9,13,15-16,21H,2-4,7-8,10H2,1H3,(H,19,22)/t13?,15-,16+/m1/s1. The fourth-order valence-corrected chi connectivity index (χ4v) is 3.97. The number of likely N-dealkylation sites (tertiary alicyclic amines) is 1. The van der Waals surface area contributed by atoms with E-state index in [1.165, 1.54) is 0 Å². The van der Waals surface area contributed by atoms with Crippen molar-refractivity contribution in [1.82, 2.24) is 10.2 Å². The van der Waals surface area contributed by atoms with Crippen LogP contribution in [0.3, 0.4) is 0 Å². The Morgan fingerprint density at radius 1 is 1.36 bits per heavy atom. The van der Waals surface area contributed by atoms with Gasteiger partial charge in [0.25, 0.3) is 5.91 Å². The van der Waals surface area contributed by atoms with E-state index >= 15 is 0 Å². The predicted molar refractivity (Wildman–Crippen MR) is 87.3 cm³/mol. The van der Waals surface area contributed by atoms with Gasteiger partial charge in [0.1, 0.15) is 0 Å². The molecule has 1 amide bonds. The SMILES string of the molecule is Cc1cc(Cl)ccc1C(=O)N[C@@H]1CCC[C@@H]1N1CCC(O)C1. The first-order valence-electron chi connectivity index (χ1n) is 8.03. The molecule has 3 rings (SSSR count). The van der Waals surface area contributed by atoms with Crippen molar-refractivity contribution in [2.75, 3.05) is 13.1 Å². The smallest absolute Gasteiger partial charge is 0.251 e. The molecule has 1 heterocycles. The van der Waals surface area contributed by atoms with Crippen LogP contribution in [0.4, 0.5) is 0 Å². The van der Waals surface area contributed by atoms with E-state index in [1.807, 2.05) is 13.0 Å². The van der Waals surface area contributed by atoms with Gasteiger partial charge in [-0.1, -0.05) is 11.6 Å². The number of carbonyl (C=O) groups is 1. The van der Waals surface area contributed by atoms with Crippen molar-refractivity contribution in [2.24, 2.45) is 0 Å². The number of aliphatic hydroxyl groups is 1. The van der Waals surface area contributed by atoms with Crippen LogP contribution in [0.1, 0.15) is 41.6 Å². The lowest BCUT2D eigenvalue weighted by Crippen LogP contribution is -2.48. The zero-order chi connectivity index (χ0) is 15.7. The van der Waals surface area contributed by atoms with Gasteiger partial charge in [-0.25, -0.2) is 0 Å². The third-order valence-corrected chi connectivity index (χ3v) is 5.13. The maximum absolute atomic E-state index is 12.5. The van der Waals surface area contributed by atoms with E-state index in [1.54, 1.807) is 12.1 Å². The summed E-state index contributed by atoms with van der Waals surface area (Å²) in [5.41, 5.74) is 1.59. The molecule has 1 aliphatic heterocycles. The van der Waals surface area contributed by atoms with E-state index in [9.17, 15) is 9.90 Å². The maximum atomic E-state index is 12.5. The molecule has 1 aromatic carbocycles. The summed E-state index contributed by atoms with van der Waals surface area (Å²) in [5.74, 6) is -0.0224. The number of carbonyl (C=O) groups excluding carboxylic acids is 1. The van der Waals surface area contributed by atoms with Crippen LogP contribution in [0.5, 0.6) is 0 Å². The number of benzene rings is 1. The van der Waals surface area contributed by atoms with Crippen molar-refractivity contribution < 1.29 is 9.90 Å². The van der Waals surface area contributed by atoms with Gasteiger partial charge in [-0.05, 0) is 56.4 Å². The molecule has 0 radical (unpaired) electrons. The average Bonchev–Trinajstić information content (AvgIpc) is 3.07. The number of hydrogen-bond donors (Lipinski definition) is 2. The average molecular weight is 323 g/mol. The maximum Gasteiger partial charge on any atom is 0.251 e. The van der Waals surface area contributed by atoms with Crippen LogP contribution in [-0.4, -0.2) is 47.2 Å². The van der Waals surface area contributed by atoms with Gasteiger partial charge in [0.05, 0.1) is 6.10 Å². The summed E-state index contributed by atoms with van der Waals surface area (Å²) in [4.78, 5) is 14.9. The van der Waals surface area contributed by atoms with Crippen LogP contribution in [0.25, 0.3) is 0 Å². The summed E-state index contributed by atoms with van der Waals surface area (Å²) in [5, 5.41) is 13.6. The first-order chi connectivity index (χ1) is 10.5. The molecule has 1 unspecified atom stereocenters. The van der Waals surface area contributed by atoms with Crippen molar-refractivity contribution in [3.05, 3.63) is 34.3 Å². The molecule has 1 saturated heterocycles. The third kappa shape index (κ3) is 3.29. The fraction of sp³-hybridized carbons (Fsp3) is 0.588. The number of nitrogens with zero attached hydrogens (tertiary/aromatic N) is 1. The van der Waals surface area contributed by atoms with Gasteiger partial charge in [-0.3, -0.25) is 9.69 Å². The molecule has 3 atom stereocenters. The van der Waals surface area contributed by atoms with E-state index in [-0.39, 0.29) is 18.1 Å². The number of β-amino-alcohol motifs (C(OH)–C–C–N with tert-alkyl or cyclic N) is 1. The summed E-state index contributed by atoms with van der Waals surface area (Å²) in [6.45, 7) is 3.57. The van der Waals surface area contributed by atoms with Crippen LogP contribution in [0, 0.1) is 6.92 Å². The molecule has 0 spiro atoms. The Morgan fingerprint density at radius 2 is 2.18 bits per heavy atom. The molecule has 5 heteroatoms. The van der Waals surface area contributed by atoms with E-state index in [2.05, 4.69) is 10.2 Å². The van der Waals surface area contributed by atoms with Gasteiger partial charge in [0, 0.05) is 35.8 Å². The molecule has 120 valence electrons. The highest BCUT2D eigenvalue weighted by molar-refractivity contribution is 6.30. The quantitative estimate of drug-likeness (QED) is 0.898. The normalized spacial score (nSPS) is 29.0. The van der Waals surface area contributed by atoms with Crippen LogP contribution in [0.15, 0.2) is 18.2 Å². The number of aliphatic hydroxyl groups excluding tert-OH is 1. The molecule has 1 aromatic rings. The summed E-state index contributed by atoms with van der Waals surface area (Å²) >= 11 is 5.95. The number of hydrogen-bond acceptors (Lipinski definition) is 3. The van der Waals surface area contributed by atoms with Crippen molar-refractivity contribution in [3.8, 4) is 0 Å². The van der Waals surface area contributed by atoms with E-state index in [0.717, 1.165) is 44.3 Å². The first-order valence-corrected chi connectivity index (χ1v) is 8.41. The highest BCUT2D eigenvalue weighted by atomic mass is 35.5. The highest BCUT2D eigenvalue weighted by Gasteiger charge is 2.36. The minimum absolute atomic E-state index is 0.0224. The number of nitrogens with one attached hydrogen (secondary N) is 1. The van der Waals surface area contributed by atoms with E-state index in [4.69, 9.17) is 11.6 Å². The van der Waals surface area contributed by atoms with Crippen molar-refractivity contribution in [3.63, 3.8) is 0 Å². The lowest BCUT2D eigenvalue weighted by molar-refractivity contribution is 0.0905. The molecule has 2 N–H and O–H groups in total. The highest BCUT2D eigenvalue weighted by Crippen LogP contribution is 2.28. The monoisotopic (exact) mass is 322 g/mol. The van der Waals surface area contributed by atoms with Gasteiger partial charge in [0.15, 0.2) is 0 Å². The van der Waals surface area contributed by atoms with Crippen molar-refractivity contribution in [1.29, 1.82) is 0 Å². The molecule has 2 fully saturated rings. The third-order valence-electron chi connectivity index (χ3n) is 4.89. The molecular formula is C17H23ClN2O2. The van der Waals surface area contributed by atoms with Crippen LogP contribution in [-0.2, 0) is 0 Å². The Hall–Kier alpha value is -1.10. The Morgan fingerprint density at radius 3 is 2.86 bits per heavy atom. The van der Waals surface area contributed by atoms with Gasteiger partial charge < -0.3 is 10.4 Å². The fourth-order valence-electron chi connectivity index (χ4n) is 3.74. The molecule has 4 nitrogen and oxygen atoms in total. The van der Waals surface area contributed by atoms with Gasteiger partial charge in [0.2, 0.25) is 0 Å². The van der Waals surface area contributed by atoms with Crippen LogP contribution >= 0.6 is 11.6 Å². The zero-order valence-electron chi connectivity index (χ0n) is 12.9. The lowest BCUT2D eigenvalue weighted by Gasteiger charge is -2.30.